The first-order valence-electron chi connectivity index (χ1n) is 9.80. The summed E-state index contributed by atoms with van der Waals surface area (Å²) in [5.74, 6) is -0.172. The Morgan fingerprint density at radius 1 is 1.14 bits per heavy atom. The molecule has 1 aromatic rings. The first-order chi connectivity index (χ1) is 13.5. The molecule has 0 aromatic heterocycles. The monoisotopic (exact) mass is 409 g/mol. The van der Waals surface area contributed by atoms with Crippen LogP contribution in [-0.4, -0.2) is 73.1 Å². The van der Waals surface area contributed by atoms with E-state index in [2.05, 4.69) is 10.6 Å². The van der Waals surface area contributed by atoms with Crippen molar-refractivity contribution in [3.8, 4) is 0 Å². The van der Waals surface area contributed by atoms with Gasteiger partial charge in [0.15, 0.2) is 0 Å². The maximum absolute atomic E-state index is 12.3. The molecule has 1 atom stereocenters. The molecule has 0 saturated carbocycles. The molecule has 0 radical (unpaired) electrons. The highest BCUT2D eigenvalue weighted by atomic mass is 16.5. The quantitative estimate of drug-likeness (QED) is 0.516. The minimum absolute atomic E-state index is 0.122. The number of anilines is 1. The van der Waals surface area contributed by atoms with E-state index >= 15 is 0 Å². The van der Waals surface area contributed by atoms with Crippen LogP contribution in [0.4, 0.5) is 10.5 Å². The molecule has 3 N–H and O–H groups in total. The summed E-state index contributed by atoms with van der Waals surface area (Å²) >= 11 is 0. The lowest BCUT2D eigenvalue weighted by Crippen LogP contribution is -2.40. The first-order valence-corrected chi connectivity index (χ1v) is 9.80. The van der Waals surface area contributed by atoms with E-state index in [9.17, 15) is 14.7 Å². The van der Waals surface area contributed by atoms with Crippen molar-refractivity contribution in [3.05, 3.63) is 29.8 Å². The Morgan fingerprint density at radius 2 is 1.76 bits per heavy atom. The van der Waals surface area contributed by atoms with Gasteiger partial charge in [0.05, 0.1) is 38.6 Å². The highest BCUT2D eigenvalue weighted by Crippen LogP contribution is 2.12. The van der Waals surface area contributed by atoms with Crippen molar-refractivity contribution in [1.82, 2.24) is 10.2 Å². The number of nitrogens with zero attached hydrogens (tertiary/aromatic N) is 1. The molecule has 8 heteroatoms. The summed E-state index contributed by atoms with van der Waals surface area (Å²) in [7, 11) is 1.59. The summed E-state index contributed by atoms with van der Waals surface area (Å²) in [6.07, 6.45) is -0.659. The second-order valence-corrected chi connectivity index (χ2v) is 8.24. The molecular formula is C21H35N3O5. The number of likely N-dealkylation sites (N-methyl/N-ethyl adjacent to an activating group) is 1. The Balaban J connectivity index is 2.41. The fourth-order valence-corrected chi connectivity index (χ4v) is 2.35. The maximum Gasteiger partial charge on any atom is 0.321 e. The zero-order chi connectivity index (χ0) is 22.0. The number of hydrogen-bond acceptors (Lipinski definition) is 5. The summed E-state index contributed by atoms with van der Waals surface area (Å²) in [6.45, 7) is 10.7. The van der Waals surface area contributed by atoms with Crippen LogP contribution in [0.3, 0.4) is 0 Å². The van der Waals surface area contributed by atoms with Gasteiger partial charge in [0.25, 0.3) is 5.91 Å². The number of benzene rings is 1. The van der Waals surface area contributed by atoms with Crippen LogP contribution < -0.4 is 10.6 Å². The van der Waals surface area contributed by atoms with E-state index in [0.29, 0.717) is 24.5 Å². The number of aliphatic hydroxyl groups excluding tert-OH is 1. The molecule has 1 aromatic carbocycles. The van der Waals surface area contributed by atoms with E-state index in [1.165, 1.54) is 4.90 Å². The second-order valence-electron chi connectivity index (χ2n) is 8.24. The molecule has 0 spiro atoms. The lowest BCUT2D eigenvalue weighted by atomic mass is 10.1. The smallest absolute Gasteiger partial charge is 0.321 e. The van der Waals surface area contributed by atoms with E-state index < -0.39 is 6.10 Å². The van der Waals surface area contributed by atoms with Gasteiger partial charge in [-0.25, -0.2) is 4.79 Å². The molecule has 0 aliphatic heterocycles. The molecule has 8 nitrogen and oxygen atoms in total. The highest BCUT2D eigenvalue weighted by molar-refractivity contribution is 5.95. The summed E-state index contributed by atoms with van der Waals surface area (Å²) in [6, 6.07) is 6.27. The van der Waals surface area contributed by atoms with Gasteiger partial charge in [0, 0.05) is 23.8 Å². The third-order valence-corrected chi connectivity index (χ3v) is 3.71. The molecule has 0 aliphatic carbocycles. The number of hydrogen-bond donors (Lipinski definition) is 3. The van der Waals surface area contributed by atoms with Crippen LogP contribution in [0.25, 0.3) is 0 Å². The van der Waals surface area contributed by atoms with Crippen LogP contribution in [0.5, 0.6) is 0 Å². The van der Waals surface area contributed by atoms with Gasteiger partial charge >= 0.3 is 6.03 Å². The normalized spacial score (nSPS) is 12.6. The Hall–Kier alpha value is -2.16. The highest BCUT2D eigenvalue weighted by Gasteiger charge is 2.16. The fourth-order valence-electron chi connectivity index (χ4n) is 2.35. The van der Waals surface area contributed by atoms with Gasteiger partial charge in [-0.05, 0) is 58.9 Å². The zero-order valence-corrected chi connectivity index (χ0v) is 18.3. The topological polar surface area (TPSA) is 100 Å². The number of urea groups is 1. The predicted molar refractivity (Wildman–Crippen MR) is 113 cm³/mol. The number of amides is 3. The number of aliphatic hydroxyl groups is 1. The average Bonchev–Trinajstić information content (AvgIpc) is 2.60. The van der Waals surface area contributed by atoms with Gasteiger partial charge in [-0.3, -0.25) is 4.79 Å². The van der Waals surface area contributed by atoms with Crippen LogP contribution >= 0.6 is 0 Å². The molecular weight excluding hydrogens is 374 g/mol. The van der Waals surface area contributed by atoms with Crippen LogP contribution in [0.2, 0.25) is 0 Å². The molecule has 1 unspecified atom stereocenters. The molecule has 0 saturated heterocycles. The average molecular weight is 410 g/mol. The second kappa shape index (κ2) is 11.7. The molecule has 0 heterocycles. The van der Waals surface area contributed by atoms with Crippen molar-refractivity contribution in [2.45, 2.75) is 52.4 Å². The Kier molecular flexibility index (Phi) is 10.1. The summed E-state index contributed by atoms with van der Waals surface area (Å²) in [5, 5.41) is 15.6. The van der Waals surface area contributed by atoms with Gasteiger partial charge in [-0.15, -0.1) is 0 Å². The Labute approximate surface area is 173 Å². The molecule has 1 rings (SSSR count). The number of ether oxygens (including phenoxy) is 2. The standard InChI is InChI=1S/C21H35N3O5/c1-15(2)29-12-11-28-14-18(25)13-24(6)20(27)22-17-9-7-16(8-10-17)19(26)23-21(3,4)5/h7-10,15,18,25H,11-14H2,1-6H3,(H,22,27)(H,23,26). The number of rotatable bonds is 10. The Bertz CT molecular complexity index is 641. The van der Waals surface area contributed by atoms with Crippen LogP contribution in [0, 0.1) is 0 Å². The molecule has 164 valence electrons. The molecule has 0 aliphatic rings. The summed E-state index contributed by atoms with van der Waals surface area (Å²) in [4.78, 5) is 25.8. The molecule has 29 heavy (non-hydrogen) atoms. The van der Waals surface area contributed by atoms with Gasteiger partial charge in [0.2, 0.25) is 0 Å². The third kappa shape index (κ3) is 10.8. The zero-order valence-electron chi connectivity index (χ0n) is 18.3. The number of carbonyl (C=O) groups is 2. The van der Waals surface area contributed by atoms with Gasteiger partial charge in [-0.2, -0.15) is 0 Å². The van der Waals surface area contributed by atoms with Crippen LogP contribution in [0.1, 0.15) is 45.0 Å². The van der Waals surface area contributed by atoms with Crippen molar-refractivity contribution < 1.29 is 24.2 Å². The van der Waals surface area contributed by atoms with Crippen LogP contribution in [0.15, 0.2) is 24.3 Å². The van der Waals surface area contributed by atoms with Gasteiger partial charge in [-0.1, -0.05) is 0 Å². The number of nitrogens with one attached hydrogen (secondary N) is 2. The van der Waals surface area contributed by atoms with Gasteiger partial charge < -0.3 is 30.1 Å². The molecule has 0 fully saturated rings. The van der Waals surface area contributed by atoms with Crippen molar-refractivity contribution in [3.63, 3.8) is 0 Å². The van der Waals surface area contributed by atoms with E-state index in [4.69, 9.17) is 9.47 Å². The molecule has 3 amide bonds. The van der Waals surface area contributed by atoms with E-state index in [0.717, 1.165) is 0 Å². The van der Waals surface area contributed by atoms with E-state index in [1.807, 2.05) is 34.6 Å². The fraction of sp³-hybridized carbons (Fsp3) is 0.619. The lowest BCUT2D eigenvalue weighted by molar-refractivity contribution is -0.0144. The largest absolute Gasteiger partial charge is 0.389 e. The summed E-state index contributed by atoms with van der Waals surface area (Å²) in [5.41, 5.74) is 0.754. The van der Waals surface area contributed by atoms with Crippen molar-refractivity contribution in [2.24, 2.45) is 0 Å². The lowest BCUT2D eigenvalue weighted by Gasteiger charge is -2.22. The SMILES string of the molecule is CC(C)OCCOCC(O)CN(C)C(=O)Nc1ccc(C(=O)NC(C)(C)C)cc1. The van der Waals surface area contributed by atoms with Crippen LogP contribution in [-0.2, 0) is 9.47 Å². The van der Waals surface area contributed by atoms with Gasteiger partial charge in [0.1, 0.15) is 0 Å². The maximum atomic E-state index is 12.3. The minimum Gasteiger partial charge on any atom is -0.389 e. The number of carbonyl (C=O) groups excluding carboxylic acids is 2. The summed E-state index contributed by atoms with van der Waals surface area (Å²) < 4.78 is 10.7. The van der Waals surface area contributed by atoms with Crippen molar-refractivity contribution in [2.75, 3.05) is 38.7 Å². The first kappa shape index (κ1) is 24.9. The van der Waals surface area contributed by atoms with Crippen molar-refractivity contribution in [1.29, 1.82) is 0 Å². The molecule has 0 bridgehead atoms. The van der Waals surface area contributed by atoms with E-state index in [1.54, 1.807) is 31.3 Å². The van der Waals surface area contributed by atoms with E-state index in [-0.39, 0.29) is 36.7 Å². The predicted octanol–water partition coefficient (Wildman–Crippen LogP) is 2.48. The van der Waals surface area contributed by atoms with Crippen molar-refractivity contribution >= 4 is 17.6 Å². The minimum atomic E-state index is -0.798. The Morgan fingerprint density at radius 3 is 2.31 bits per heavy atom. The third-order valence-electron chi connectivity index (χ3n) is 3.71.